The molecule has 2 aromatic rings. The van der Waals surface area contributed by atoms with Crippen LogP contribution in [0.2, 0.25) is 5.02 Å². The summed E-state index contributed by atoms with van der Waals surface area (Å²) in [7, 11) is 0. The molecule has 0 saturated heterocycles. The average Bonchev–Trinajstić information content (AvgIpc) is 2.69. The van der Waals surface area contributed by atoms with Crippen LogP contribution in [0.1, 0.15) is 68.1 Å². The van der Waals surface area contributed by atoms with E-state index in [1.807, 2.05) is 12.1 Å². The quantitative estimate of drug-likeness (QED) is 0.296. The van der Waals surface area contributed by atoms with Gasteiger partial charge in [0.05, 0.1) is 15.9 Å². The summed E-state index contributed by atoms with van der Waals surface area (Å²) < 4.78 is 0. The average molecular weight is 394 g/mol. The number of aliphatic imine (C=N–C) groups is 1. The first-order valence-electron chi connectivity index (χ1n) is 9.69. The molecule has 0 amide bonds. The van der Waals surface area contributed by atoms with Crippen molar-refractivity contribution in [3.8, 4) is 11.8 Å². The van der Waals surface area contributed by atoms with Crippen LogP contribution in [-0.4, -0.2) is 5.16 Å². The van der Waals surface area contributed by atoms with Gasteiger partial charge in [0.1, 0.15) is 0 Å². The molecule has 1 fully saturated rings. The fourth-order valence-corrected chi connectivity index (χ4v) is 4.23. The molecule has 0 aromatic heterocycles. The molecule has 0 unspecified atom stereocenters. The number of thiocarbonyl (C=S) groups is 1. The highest BCUT2D eigenvalue weighted by Gasteiger charge is 2.21. The summed E-state index contributed by atoms with van der Waals surface area (Å²) in [5.41, 5.74) is 3.95. The number of hydrogen-bond donors (Lipinski definition) is 0. The number of hydrogen-bond acceptors (Lipinski definition) is 2. The first-order chi connectivity index (χ1) is 13.2. The molecule has 1 aliphatic carbocycles. The molecule has 3 heteroatoms. The van der Waals surface area contributed by atoms with E-state index >= 15 is 0 Å². The molecule has 0 atom stereocenters. The van der Waals surface area contributed by atoms with E-state index in [0.29, 0.717) is 16.6 Å². The van der Waals surface area contributed by atoms with Gasteiger partial charge in [-0.25, -0.2) is 0 Å². The molecular formula is C24H24ClNS. The molecule has 0 radical (unpaired) electrons. The largest absolute Gasteiger partial charge is 0.195 e. The van der Waals surface area contributed by atoms with Gasteiger partial charge in [-0.15, -0.1) is 0 Å². The SMILES string of the molecule is CCCC1CCC(c2ccc(C#Cc3ccc(N=C=S)cc3Cl)cc2)CC1. The van der Waals surface area contributed by atoms with E-state index in [1.54, 1.807) is 6.07 Å². The summed E-state index contributed by atoms with van der Waals surface area (Å²) in [6, 6.07) is 14.2. The van der Waals surface area contributed by atoms with Gasteiger partial charge >= 0.3 is 0 Å². The van der Waals surface area contributed by atoms with Gasteiger partial charge in [-0.3, -0.25) is 0 Å². The van der Waals surface area contributed by atoms with E-state index in [4.69, 9.17) is 11.6 Å². The molecule has 3 rings (SSSR count). The zero-order valence-corrected chi connectivity index (χ0v) is 17.2. The van der Waals surface area contributed by atoms with Crippen molar-refractivity contribution in [2.45, 2.75) is 51.4 Å². The molecule has 0 spiro atoms. The van der Waals surface area contributed by atoms with Gasteiger partial charge in [0.15, 0.2) is 0 Å². The Morgan fingerprint density at radius 2 is 1.78 bits per heavy atom. The predicted molar refractivity (Wildman–Crippen MR) is 118 cm³/mol. The Morgan fingerprint density at radius 3 is 2.41 bits per heavy atom. The lowest BCUT2D eigenvalue weighted by atomic mass is 9.77. The summed E-state index contributed by atoms with van der Waals surface area (Å²) >= 11 is 10.9. The second-order valence-electron chi connectivity index (χ2n) is 7.25. The molecule has 2 aromatic carbocycles. The van der Waals surface area contributed by atoms with Crippen LogP contribution in [0.4, 0.5) is 5.69 Å². The zero-order valence-electron chi connectivity index (χ0n) is 15.7. The highest BCUT2D eigenvalue weighted by molar-refractivity contribution is 7.78. The number of halogens is 1. The van der Waals surface area contributed by atoms with Crippen LogP contribution in [0.3, 0.4) is 0 Å². The van der Waals surface area contributed by atoms with Crippen LogP contribution in [0, 0.1) is 17.8 Å². The van der Waals surface area contributed by atoms with Crippen molar-refractivity contribution < 1.29 is 0 Å². The van der Waals surface area contributed by atoms with Crippen molar-refractivity contribution >= 4 is 34.7 Å². The van der Waals surface area contributed by atoms with Gasteiger partial charge in [-0.05, 0) is 85.6 Å². The van der Waals surface area contributed by atoms with Crippen molar-refractivity contribution in [1.82, 2.24) is 0 Å². The van der Waals surface area contributed by atoms with Gasteiger partial charge in [0, 0.05) is 11.1 Å². The smallest absolute Gasteiger partial charge is 0.0755 e. The Balaban J connectivity index is 1.65. The number of benzene rings is 2. The minimum absolute atomic E-state index is 0.578. The Hall–Kier alpha value is -1.91. The molecule has 0 heterocycles. The Kier molecular flexibility index (Phi) is 7.25. The molecule has 1 nitrogen and oxygen atoms in total. The van der Waals surface area contributed by atoms with Gasteiger partial charge in [-0.2, -0.15) is 4.99 Å². The second kappa shape index (κ2) is 9.86. The summed E-state index contributed by atoms with van der Waals surface area (Å²) in [5, 5.41) is 2.92. The third kappa shape index (κ3) is 5.53. The monoisotopic (exact) mass is 393 g/mol. The Labute approximate surface area is 172 Å². The maximum absolute atomic E-state index is 6.27. The Bertz CT molecular complexity index is 877. The lowest BCUT2D eigenvalue weighted by molar-refractivity contribution is 0.308. The zero-order chi connectivity index (χ0) is 19.1. The van der Waals surface area contributed by atoms with Crippen molar-refractivity contribution in [3.05, 3.63) is 64.2 Å². The number of nitrogens with zero attached hydrogens (tertiary/aromatic N) is 1. The highest BCUT2D eigenvalue weighted by atomic mass is 35.5. The molecular weight excluding hydrogens is 370 g/mol. The van der Waals surface area contributed by atoms with Gasteiger partial charge in [0.2, 0.25) is 0 Å². The van der Waals surface area contributed by atoms with E-state index in [-0.39, 0.29) is 0 Å². The normalized spacial score (nSPS) is 18.9. The molecule has 138 valence electrons. The fourth-order valence-electron chi connectivity index (χ4n) is 3.90. The molecule has 1 saturated carbocycles. The van der Waals surface area contributed by atoms with E-state index in [2.05, 4.69) is 65.4 Å². The molecule has 27 heavy (non-hydrogen) atoms. The van der Waals surface area contributed by atoms with Crippen LogP contribution in [0.25, 0.3) is 0 Å². The van der Waals surface area contributed by atoms with Gasteiger partial charge in [0.25, 0.3) is 0 Å². The maximum Gasteiger partial charge on any atom is 0.0755 e. The van der Waals surface area contributed by atoms with Crippen LogP contribution < -0.4 is 0 Å². The summed E-state index contributed by atoms with van der Waals surface area (Å²) in [6.45, 7) is 2.29. The van der Waals surface area contributed by atoms with E-state index in [1.165, 1.54) is 44.1 Å². The van der Waals surface area contributed by atoms with E-state index in [9.17, 15) is 0 Å². The third-order valence-corrected chi connectivity index (χ3v) is 5.80. The Morgan fingerprint density at radius 1 is 1.04 bits per heavy atom. The molecule has 1 aliphatic rings. The highest BCUT2D eigenvalue weighted by Crippen LogP contribution is 2.37. The van der Waals surface area contributed by atoms with E-state index in [0.717, 1.165) is 17.0 Å². The van der Waals surface area contributed by atoms with Crippen molar-refractivity contribution in [1.29, 1.82) is 0 Å². The third-order valence-electron chi connectivity index (χ3n) is 5.39. The minimum atomic E-state index is 0.578. The first kappa shape index (κ1) is 19.8. The lowest BCUT2D eigenvalue weighted by Crippen LogP contribution is -2.13. The summed E-state index contributed by atoms with van der Waals surface area (Å²) in [6.07, 6.45) is 8.10. The minimum Gasteiger partial charge on any atom is -0.195 e. The molecule has 0 bridgehead atoms. The van der Waals surface area contributed by atoms with Gasteiger partial charge < -0.3 is 0 Å². The van der Waals surface area contributed by atoms with Crippen LogP contribution in [0.15, 0.2) is 47.5 Å². The first-order valence-corrected chi connectivity index (χ1v) is 10.5. The van der Waals surface area contributed by atoms with Crippen LogP contribution >= 0.6 is 23.8 Å². The van der Waals surface area contributed by atoms with Gasteiger partial charge in [-0.1, -0.05) is 55.3 Å². The molecule has 0 N–H and O–H groups in total. The topological polar surface area (TPSA) is 12.4 Å². The fraction of sp³-hybridized carbons (Fsp3) is 0.375. The second-order valence-corrected chi connectivity index (χ2v) is 7.84. The van der Waals surface area contributed by atoms with Crippen molar-refractivity contribution in [2.75, 3.05) is 0 Å². The number of rotatable bonds is 4. The molecule has 0 aliphatic heterocycles. The standard InChI is InChI=1S/C24H24ClNS/c1-2-3-18-4-9-20(10-5-18)21-11-6-19(7-12-21)8-13-22-14-15-23(26-17-27)16-24(22)25/h6-7,11-12,14-16,18,20H,2-5,9-10H2,1H3. The maximum atomic E-state index is 6.27. The van der Waals surface area contributed by atoms with Crippen LogP contribution in [0.5, 0.6) is 0 Å². The number of isothiocyanates is 1. The van der Waals surface area contributed by atoms with Crippen molar-refractivity contribution in [3.63, 3.8) is 0 Å². The van der Waals surface area contributed by atoms with Crippen LogP contribution in [-0.2, 0) is 0 Å². The summed E-state index contributed by atoms with van der Waals surface area (Å²) in [5.74, 6) is 8.01. The van der Waals surface area contributed by atoms with E-state index < -0.39 is 0 Å². The predicted octanol–water partition coefficient (Wildman–Crippen LogP) is 7.55. The summed E-state index contributed by atoms with van der Waals surface area (Å²) in [4.78, 5) is 3.93. The lowest BCUT2D eigenvalue weighted by Gasteiger charge is -2.28. The van der Waals surface area contributed by atoms with Crippen molar-refractivity contribution in [2.24, 2.45) is 10.9 Å².